The van der Waals surface area contributed by atoms with E-state index >= 15 is 0 Å². The van der Waals surface area contributed by atoms with Gasteiger partial charge in [0.2, 0.25) is 0 Å². The molecule has 7 rings (SSSR count). The summed E-state index contributed by atoms with van der Waals surface area (Å²) in [6, 6.07) is 16.2. The molecule has 4 N–H and O–H groups in total. The molecule has 2 aliphatic heterocycles. The average Bonchev–Trinajstić information content (AvgIpc) is 3.75. The fourth-order valence-corrected chi connectivity index (χ4v) is 6.28. The monoisotopic (exact) mass is 764 g/mol. The quantitative estimate of drug-likeness (QED) is 0.0906. The topological polar surface area (TPSA) is 112 Å². The van der Waals surface area contributed by atoms with Gasteiger partial charge in [-0.2, -0.15) is 0 Å². The average molecular weight is 764 g/mol. The third-order valence-corrected chi connectivity index (χ3v) is 8.53. The number of thiophene rings is 1. The molecule has 2 aliphatic rings. The highest BCUT2D eigenvalue weighted by molar-refractivity contribution is 14.0. The molecular formula is C28H30I2N8S. The molecular weight excluding hydrogens is 734 g/mol. The molecule has 0 unspecified atom stereocenters. The van der Waals surface area contributed by atoms with Crippen LogP contribution >= 0.6 is 59.3 Å². The number of nitrogens with zero attached hydrogens (tertiary/aromatic N) is 4. The predicted octanol–water partition coefficient (Wildman–Crippen LogP) is 6.91. The van der Waals surface area contributed by atoms with Crippen LogP contribution in [0.1, 0.15) is 36.8 Å². The van der Waals surface area contributed by atoms with Crippen molar-refractivity contribution in [1.29, 1.82) is 10.8 Å². The summed E-state index contributed by atoms with van der Waals surface area (Å²) in [4.78, 5) is 22.9. The van der Waals surface area contributed by atoms with E-state index in [0.717, 1.165) is 106 Å². The number of H-pyrrole nitrogens is 2. The van der Waals surface area contributed by atoms with Crippen LogP contribution < -0.4 is 0 Å². The largest absolute Gasteiger partial charge is 0.357 e. The van der Waals surface area contributed by atoms with E-state index < -0.39 is 0 Å². The summed E-state index contributed by atoms with van der Waals surface area (Å²) in [6.07, 6.45) is 4.64. The van der Waals surface area contributed by atoms with Crippen LogP contribution in [0.3, 0.4) is 0 Å². The van der Waals surface area contributed by atoms with Gasteiger partial charge in [-0.05, 0) is 74.2 Å². The van der Waals surface area contributed by atoms with Gasteiger partial charge in [-0.15, -0.1) is 59.3 Å². The molecule has 3 aromatic heterocycles. The van der Waals surface area contributed by atoms with E-state index in [0.29, 0.717) is 11.7 Å². The second-order valence-corrected chi connectivity index (χ2v) is 11.0. The maximum atomic E-state index is 8.57. The van der Waals surface area contributed by atoms with Gasteiger partial charge in [-0.25, -0.2) is 9.97 Å². The van der Waals surface area contributed by atoms with E-state index in [4.69, 9.17) is 20.8 Å². The molecule has 0 aliphatic carbocycles. The third kappa shape index (κ3) is 5.32. The molecule has 202 valence electrons. The van der Waals surface area contributed by atoms with Crippen molar-refractivity contribution in [2.75, 3.05) is 26.2 Å². The lowest BCUT2D eigenvalue weighted by atomic mass is 10.1. The van der Waals surface area contributed by atoms with E-state index in [1.807, 2.05) is 36.4 Å². The summed E-state index contributed by atoms with van der Waals surface area (Å²) in [7, 11) is 0. The molecule has 2 fully saturated rings. The first kappa shape index (κ1) is 28.0. The van der Waals surface area contributed by atoms with Gasteiger partial charge in [-0.3, -0.25) is 10.8 Å². The highest BCUT2D eigenvalue weighted by atomic mass is 127. The lowest BCUT2D eigenvalue weighted by Gasteiger charge is -2.18. The zero-order valence-corrected chi connectivity index (χ0v) is 26.8. The van der Waals surface area contributed by atoms with Gasteiger partial charge < -0.3 is 19.8 Å². The van der Waals surface area contributed by atoms with E-state index in [1.54, 1.807) is 11.3 Å². The standard InChI is InChI=1S/C28H28N8S.2HI/c29-25(35-11-1-2-12-35)17-5-7-19-21(15-17)33-27(31-19)23-9-10-24(37-23)28-32-20-8-6-18(16-22(20)34-28)26(30)36-13-3-4-14-36;;/h5-10,15-16,29-30H,1-4,11-14H2,(H,31,33)(H,32,34);2*1H. The van der Waals surface area contributed by atoms with Crippen LogP contribution in [0.15, 0.2) is 48.5 Å². The Labute approximate surface area is 264 Å². The number of benzene rings is 2. The highest BCUT2D eigenvalue weighted by Gasteiger charge is 2.19. The third-order valence-electron chi connectivity index (χ3n) is 7.43. The van der Waals surface area contributed by atoms with Crippen molar-refractivity contribution in [3.63, 3.8) is 0 Å². The Bertz CT molecular complexity index is 1540. The normalized spacial score (nSPS) is 15.1. The predicted molar refractivity (Wildman–Crippen MR) is 181 cm³/mol. The second-order valence-electron chi connectivity index (χ2n) is 9.88. The number of hydrogen-bond acceptors (Lipinski definition) is 5. The molecule has 0 saturated carbocycles. The molecule has 39 heavy (non-hydrogen) atoms. The molecule has 0 spiro atoms. The van der Waals surface area contributed by atoms with Crippen LogP contribution in [-0.2, 0) is 0 Å². The molecule has 11 heteroatoms. The number of hydrogen-bond donors (Lipinski definition) is 4. The smallest absolute Gasteiger partial charge is 0.148 e. The molecule has 0 bridgehead atoms. The summed E-state index contributed by atoms with van der Waals surface area (Å²) in [5, 5.41) is 17.1. The molecule has 8 nitrogen and oxygen atoms in total. The minimum atomic E-state index is 0. The van der Waals surface area contributed by atoms with Gasteiger partial charge in [-0.1, -0.05) is 0 Å². The van der Waals surface area contributed by atoms with Crippen molar-refractivity contribution in [2.24, 2.45) is 0 Å². The van der Waals surface area contributed by atoms with Crippen molar-refractivity contribution in [3.05, 3.63) is 59.7 Å². The summed E-state index contributed by atoms with van der Waals surface area (Å²) in [6.45, 7) is 3.86. The fraction of sp³-hybridized carbons (Fsp3) is 0.286. The summed E-state index contributed by atoms with van der Waals surface area (Å²) < 4.78 is 0. The Hall–Kier alpha value is -2.52. The first-order valence-corrected chi connectivity index (χ1v) is 13.7. The van der Waals surface area contributed by atoms with Crippen LogP contribution in [-0.4, -0.2) is 67.6 Å². The minimum absolute atomic E-state index is 0. The van der Waals surface area contributed by atoms with E-state index in [1.165, 1.54) is 0 Å². The SMILES string of the molecule is I.I.N=C(c1ccc2nc(-c3ccc(-c4nc5ccc(C(=N)N6CCCC6)cc5[nH]4)s3)[nH]c2c1)N1CCCC1. The summed E-state index contributed by atoms with van der Waals surface area (Å²) in [5.41, 5.74) is 5.55. The van der Waals surface area contributed by atoms with Crippen molar-refractivity contribution in [2.45, 2.75) is 25.7 Å². The van der Waals surface area contributed by atoms with Crippen LogP contribution in [0.2, 0.25) is 0 Å². The van der Waals surface area contributed by atoms with Gasteiger partial charge in [0.05, 0.1) is 31.8 Å². The molecule has 0 atom stereocenters. The van der Waals surface area contributed by atoms with Crippen LogP contribution in [0.4, 0.5) is 0 Å². The van der Waals surface area contributed by atoms with Crippen LogP contribution in [0, 0.1) is 10.8 Å². The Morgan fingerprint density at radius 2 is 1.05 bits per heavy atom. The van der Waals surface area contributed by atoms with Crippen molar-refractivity contribution >= 4 is 93.0 Å². The van der Waals surface area contributed by atoms with E-state index in [9.17, 15) is 0 Å². The number of rotatable bonds is 4. The minimum Gasteiger partial charge on any atom is -0.357 e. The summed E-state index contributed by atoms with van der Waals surface area (Å²) >= 11 is 1.64. The van der Waals surface area contributed by atoms with Gasteiger partial charge in [0, 0.05) is 37.3 Å². The number of amidine groups is 2. The number of likely N-dealkylation sites (tertiary alicyclic amines) is 2. The lowest BCUT2D eigenvalue weighted by molar-refractivity contribution is 0.517. The lowest BCUT2D eigenvalue weighted by Crippen LogP contribution is -2.27. The zero-order chi connectivity index (χ0) is 24.9. The fourth-order valence-electron chi connectivity index (χ4n) is 5.39. The Morgan fingerprint density at radius 1 is 0.641 bits per heavy atom. The maximum absolute atomic E-state index is 8.57. The van der Waals surface area contributed by atoms with Crippen molar-refractivity contribution < 1.29 is 0 Å². The molecule has 5 aromatic rings. The Morgan fingerprint density at radius 3 is 1.46 bits per heavy atom. The number of aromatic nitrogens is 4. The van der Waals surface area contributed by atoms with Gasteiger partial charge >= 0.3 is 0 Å². The summed E-state index contributed by atoms with van der Waals surface area (Å²) in [5.74, 6) is 2.84. The second kappa shape index (κ2) is 11.5. The van der Waals surface area contributed by atoms with E-state index in [-0.39, 0.29) is 48.0 Å². The molecule has 5 heterocycles. The van der Waals surface area contributed by atoms with Gasteiger partial charge in [0.15, 0.2) is 0 Å². The van der Waals surface area contributed by atoms with Crippen LogP contribution in [0.25, 0.3) is 43.5 Å². The maximum Gasteiger partial charge on any atom is 0.148 e. The number of imidazole rings is 2. The number of halogens is 2. The molecule has 2 saturated heterocycles. The number of aromatic amines is 2. The first-order valence-electron chi connectivity index (χ1n) is 12.9. The van der Waals surface area contributed by atoms with Gasteiger partial charge in [0.25, 0.3) is 0 Å². The molecule has 2 aromatic carbocycles. The van der Waals surface area contributed by atoms with Crippen molar-refractivity contribution in [3.8, 4) is 21.4 Å². The molecule has 0 radical (unpaired) electrons. The number of fused-ring (bicyclic) bond motifs is 2. The van der Waals surface area contributed by atoms with Crippen LogP contribution in [0.5, 0.6) is 0 Å². The van der Waals surface area contributed by atoms with Gasteiger partial charge in [0.1, 0.15) is 23.3 Å². The highest BCUT2D eigenvalue weighted by Crippen LogP contribution is 2.34. The Balaban J connectivity index is 0.00000154. The first-order chi connectivity index (χ1) is 18.1. The van der Waals surface area contributed by atoms with Crippen molar-refractivity contribution in [1.82, 2.24) is 29.7 Å². The molecule has 0 amide bonds. The number of nitrogens with one attached hydrogen (secondary N) is 4. The Kier molecular flexibility index (Phi) is 8.29. The zero-order valence-electron chi connectivity index (χ0n) is 21.3. The van der Waals surface area contributed by atoms with E-state index in [2.05, 4.69) is 31.9 Å².